The summed E-state index contributed by atoms with van der Waals surface area (Å²) in [6.45, 7) is 7.81. The monoisotopic (exact) mass is 697 g/mol. The number of aliphatic imine (C=N–C) groups is 1. The fourth-order valence-corrected chi connectivity index (χ4v) is 6.43. The highest BCUT2D eigenvalue weighted by atomic mass is 19.1. The summed E-state index contributed by atoms with van der Waals surface area (Å²) in [5, 5.41) is 23.1. The van der Waals surface area contributed by atoms with Gasteiger partial charge in [-0.3, -0.25) is 9.59 Å². The number of alkyl carbamates (subject to hydrolysis) is 1. The minimum Gasteiger partial charge on any atom is -0.478 e. The molecule has 11 nitrogen and oxygen atoms in total. The first-order chi connectivity index (χ1) is 24.3. The number of carboxylic acid groups (broad SMARTS) is 1. The van der Waals surface area contributed by atoms with Crippen molar-refractivity contribution >= 4 is 35.3 Å². The molecule has 2 amide bonds. The van der Waals surface area contributed by atoms with Crippen LogP contribution in [0.15, 0.2) is 75.9 Å². The summed E-state index contributed by atoms with van der Waals surface area (Å²) >= 11 is 0. The zero-order valence-electron chi connectivity index (χ0n) is 29.4. The Labute approximate surface area is 296 Å². The van der Waals surface area contributed by atoms with Crippen LogP contribution in [0.2, 0.25) is 0 Å². The number of carboxylic acids is 1. The Bertz CT molecular complexity index is 1820. The zero-order valence-corrected chi connectivity index (χ0v) is 29.4. The largest absolute Gasteiger partial charge is 0.478 e. The normalized spacial score (nSPS) is 17.7. The van der Waals surface area contributed by atoms with Gasteiger partial charge in [0.15, 0.2) is 12.5 Å². The smallest absolute Gasteiger partial charge is 0.407 e. The summed E-state index contributed by atoms with van der Waals surface area (Å²) in [5.74, 6) is -2.16. The van der Waals surface area contributed by atoms with Crippen molar-refractivity contribution in [3.05, 3.63) is 88.7 Å². The molecule has 12 heteroatoms. The van der Waals surface area contributed by atoms with E-state index in [4.69, 9.17) is 4.74 Å². The average molecular weight is 698 g/mol. The minimum atomic E-state index is -1.22. The van der Waals surface area contributed by atoms with Crippen LogP contribution in [0.25, 0.3) is 11.1 Å². The quantitative estimate of drug-likeness (QED) is 0.175. The molecule has 1 aliphatic heterocycles. The first-order valence-corrected chi connectivity index (χ1v) is 17.2. The molecule has 268 valence electrons. The highest BCUT2D eigenvalue weighted by molar-refractivity contribution is 6.01. The van der Waals surface area contributed by atoms with Crippen molar-refractivity contribution in [2.75, 3.05) is 18.5 Å². The van der Waals surface area contributed by atoms with E-state index in [1.54, 1.807) is 43.3 Å². The van der Waals surface area contributed by atoms with E-state index in [1.807, 2.05) is 32.9 Å². The average Bonchev–Trinajstić information content (AvgIpc) is 3.64. The van der Waals surface area contributed by atoms with E-state index in [2.05, 4.69) is 25.9 Å². The van der Waals surface area contributed by atoms with Crippen LogP contribution in [0.4, 0.5) is 14.9 Å². The lowest BCUT2D eigenvalue weighted by Crippen LogP contribution is -2.37. The molecule has 0 radical (unpaired) electrons. The van der Waals surface area contributed by atoms with Crippen LogP contribution in [-0.4, -0.2) is 53.5 Å². The molecule has 1 saturated carbocycles. The van der Waals surface area contributed by atoms with Gasteiger partial charge in [-0.05, 0) is 124 Å². The van der Waals surface area contributed by atoms with Crippen molar-refractivity contribution in [1.29, 1.82) is 0 Å². The topological polar surface area (TPSA) is 159 Å². The number of hydrogen-bond donors (Lipinski definition) is 3. The van der Waals surface area contributed by atoms with Crippen molar-refractivity contribution in [3.63, 3.8) is 0 Å². The van der Waals surface area contributed by atoms with Crippen LogP contribution in [0, 0.1) is 30.5 Å². The van der Waals surface area contributed by atoms with Gasteiger partial charge in [0, 0.05) is 36.1 Å². The standard InChI is InChI=1S/C39H44FN5O6/c1-23-32(18-30(37(48)49)19-33(23)40)26-9-5-24(6-10-26)17-29(36(47)44-31-15-13-28(14-16-31)35-42-22-43-45-35)20-34(46)27-11-7-25(8-12-27)21-41-38(50)51-39(2,3)4/h5-6,9-10,13-16,18-19,25,27,29H,7-8,11-12,17,20-22H2,1-4H3,(H,41,50)(H,44,47)(H,48,49)/t25?,27?,29-/m1/s1. The molecule has 1 heterocycles. The van der Waals surface area contributed by atoms with Gasteiger partial charge in [-0.2, -0.15) is 5.11 Å². The Balaban J connectivity index is 1.27. The Morgan fingerprint density at radius 3 is 2.24 bits per heavy atom. The van der Waals surface area contributed by atoms with Gasteiger partial charge in [-0.25, -0.2) is 19.0 Å². The van der Waals surface area contributed by atoms with Crippen molar-refractivity contribution in [1.82, 2.24) is 5.32 Å². The maximum Gasteiger partial charge on any atom is 0.407 e. The number of amidine groups is 1. The number of carbonyl (C=O) groups excluding carboxylic acids is 3. The minimum absolute atomic E-state index is 0.0295. The zero-order chi connectivity index (χ0) is 36.7. The number of aromatic carboxylic acids is 1. The lowest BCUT2D eigenvalue weighted by Gasteiger charge is -2.29. The van der Waals surface area contributed by atoms with Crippen molar-refractivity contribution in [2.24, 2.45) is 33.0 Å². The number of nitrogens with zero attached hydrogens (tertiary/aromatic N) is 3. The maximum atomic E-state index is 14.5. The number of Topliss-reactive ketones (excluding diaryl/α,β-unsaturated/α-hetero) is 1. The summed E-state index contributed by atoms with van der Waals surface area (Å²) in [4.78, 5) is 55.3. The third-order valence-electron chi connectivity index (χ3n) is 9.25. The lowest BCUT2D eigenvalue weighted by atomic mass is 9.77. The Morgan fingerprint density at radius 2 is 1.63 bits per heavy atom. The second-order valence-corrected chi connectivity index (χ2v) is 14.2. The molecule has 1 atom stereocenters. The third-order valence-corrected chi connectivity index (χ3v) is 9.25. The van der Waals surface area contributed by atoms with Gasteiger partial charge in [0.05, 0.1) is 5.56 Å². The van der Waals surface area contributed by atoms with Gasteiger partial charge in [0.25, 0.3) is 0 Å². The molecule has 0 saturated heterocycles. The fourth-order valence-electron chi connectivity index (χ4n) is 6.43. The molecule has 51 heavy (non-hydrogen) atoms. The molecule has 3 aromatic rings. The molecule has 3 N–H and O–H groups in total. The van der Waals surface area contributed by atoms with Gasteiger partial charge in [-0.15, -0.1) is 5.11 Å². The van der Waals surface area contributed by atoms with E-state index in [0.29, 0.717) is 54.3 Å². The first kappa shape index (κ1) is 37.0. The van der Waals surface area contributed by atoms with Crippen LogP contribution in [0.3, 0.4) is 0 Å². The number of azo groups is 1. The summed E-state index contributed by atoms with van der Waals surface area (Å²) in [6, 6.07) is 16.8. The van der Waals surface area contributed by atoms with E-state index in [-0.39, 0.29) is 41.9 Å². The number of ether oxygens (including phenoxy) is 1. The molecule has 3 aromatic carbocycles. The predicted octanol–water partition coefficient (Wildman–Crippen LogP) is 7.76. The summed E-state index contributed by atoms with van der Waals surface area (Å²) in [7, 11) is 0. The second kappa shape index (κ2) is 16.2. The summed E-state index contributed by atoms with van der Waals surface area (Å²) in [6.07, 6.45) is 2.80. The molecule has 0 spiro atoms. The Hall–Kier alpha value is -5.26. The number of nitrogens with one attached hydrogen (secondary N) is 2. The number of anilines is 1. The lowest BCUT2D eigenvalue weighted by molar-refractivity contribution is -0.129. The highest BCUT2D eigenvalue weighted by Gasteiger charge is 2.31. The van der Waals surface area contributed by atoms with Crippen LogP contribution >= 0.6 is 0 Å². The van der Waals surface area contributed by atoms with Crippen molar-refractivity contribution in [2.45, 2.75) is 71.8 Å². The van der Waals surface area contributed by atoms with Gasteiger partial charge < -0.3 is 20.5 Å². The molecule has 0 unspecified atom stereocenters. The number of rotatable bonds is 12. The van der Waals surface area contributed by atoms with E-state index in [9.17, 15) is 28.7 Å². The highest BCUT2D eigenvalue weighted by Crippen LogP contribution is 2.32. The fraction of sp³-hybridized carbons (Fsp3) is 0.410. The third kappa shape index (κ3) is 10.1. The molecule has 0 aromatic heterocycles. The Kier molecular flexibility index (Phi) is 11.7. The second-order valence-electron chi connectivity index (χ2n) is 14.2. The van der Waals surface area contributed by atoms with Gasteiger partial charge >= 0.3 is 12.1 Å². The molecule has 1 aliphatic carbocycles. The molecule has 1 fully saturated rings. The van der Waals surface area contributed by atoms with E-state index in [0.717, 1.165) is 30.0 Å². The molecule has 0 bridgehead atoms. The van der Waals surface area contributed by atoms with Gasteiger partial charge in [-0.1, -0.05) is 24.3 Å². The molecule has 2 aliphatic rings. The van der Waals surface area contributed by atoms with Gasteiger partial charge in [0.2, 0.25) is 5.91 Å². The maximum absolute atomic E-state index is 14.5. The summed E-state index contributed by atoms with van der Waals surface area (Å²) < 4.78 is 19.9. The number of benzene rings is 3. The van der Waals surface area contributed by atoms with Crippen LogP contribution in [0.5, 0.6) is 0 Å². The van der Waals surface area contributed by atoms with Crippen molar-refractivity contribution in [3.8, 4) is 11.1 Å². The van der Waals surface area contributed by atoms with Crippen molar-refractivity contribution < 1.29 is 33.4 Å². The first-order valence-electron chi connectivity index (χ1n) is 17.2. The SMILES string of the molecule is Cc1c(F)cc(C(=O)O)cc1-c1ccc(C[C@H](CC(=O)C2CCC(CNC(=O)OC(C)(C)C)CC2)C(=O)Nc2ccc(C3=NCN=N3)cc2)cc1. The van der Waals surface area contributed by atoms with E-state index >= 15 is 0 Å². The molecular weight excluding hydrogens is 653 g/mol. The van der Waals surface area contributed by atoms with E-state index < -0.39 is 29.4 Å². The predicted molar refractivity (Wildman–Crippen MR) is 191 cm³/mol. The molecular formula is C39H44FN5O6. The summed E-state index contributed by atoms with van der Waals surface area (Å²) in [5.41, 5.74) is 2.87. The number of hydrogen-bond acceptors (Lipinski definition) is 8. The number of halogens is 1. The van der Waals surface area contributed by atoms with Crippen LogP contribution in [0.1, 0.15) is 79.9 Å². The number of ketones is 1. The van der Waals surface area contributed by atoms with E-state index in [1.165, 1.54) is 6.07 Å². The molecule has 5 rings (SSSR count). The number of amides is 2. The van der Waals surface area contributed by atoms with Crippen LogP contribution in [-0.2, 0) is 20.7 Å². The van der Waals surface area contributed by atoms with Gasteiger partial charge in [0.1, 0.15) is 17.2 Å². The number of carbonyl (C=O) groups is 4. The Morgan fingerprint density at radius 1 is 0.961 bits per heavy atom. The van der Waals surface area contributed by atoms with Crippen LogP contribution < -0.4 is 10.6 Å².